The maximum Gasteiger partial charge on any atom is 0.247 e. The largest absolute Gasteiger partial charge is 0.311 e. The van der Waals surface area contributed by atoms with Gasteiger partial charge in [-0.1, -0.05) is 6.92 Å². The number of rotatable bonds is 3. The molecule has 0 aliphatic heterocycles. The summed E-state index contributed by atoms with van der Waals surface area (Å²) in [6, 6.07) is 7.98. The summed E-state index contributed by atoms with van der Waals surface area (Å²) < 4.78 is 12.9. The minimum atomic E-state index is -0.885. The highest BCUT2D eigenvalue weighted by Gasteiger charge is 2.50. The summed E-state index contributed by atoms with van der Waals surface area (Å²) in [6.45, 7) is 4.37. The predicted molar refractivity (Wildman–Crippen MR) is 70.9 cm³/mol. The Hall–Kier alpha value is -1.89. The van der Waals surface area contributed by atoms with Crippen LogP contribution in [0.4, 0.5) is 10.1 Å². The Morgan fingerprint density at radius 3 is 2.47 bits per heavy atom. The molecule has 1 aliphatic carbocycles. The highest BCUT2D eigenvalue weighted by molar-refractivity contribution is 6.00. The van der Waals surface area contributed by atoms with E-state index in [0.717, 1.165) is 0 Å². The van der Waals surface area contributed by atoms with E-state index in [1.165, 1.54) is 12.1 Å². The van der Waals surface area contributed by atoms with Gasteiger partial charge in [-0.05, 0) is 49.9 Å². The van der Waals surface area contributed by atoms with E-state index in [0.29, 0.717) is 31.0 Å². The molecule has 0 saturated heterocycles. The molecule has 1 saturated carbocycles. The third kappa shape index (κ3) is 2.33. The second-order valence-electron chi connectivity index (χ2n) is 5.23. The molecule has 0 bridgehead atoms. The van der Waals surface area contributed by atoms with Crippen molar-refractivity contribution in [2.75, 3.05) is 11.4 Å². The second-order valence-corrected chi connectivity index (χ2v) is 5.23. The topological polar surface area (TPSA) is 44.1 Å². The van der Waals surface area contributed by atoms with Gasteiger partial charge in [0.1, 0.15) is 11.2 Å². The van der Waals surface area contributed by atoms with E-state index in [-0.39, 0.29) is 11.7 Å². The lowest BCUT2D eigenvalue weighted by atomic mass is 9.62. The van der Waals surface area contributed by atoms with Crippen molar-refractivity contribution in [3.8, 4) is 6.07 Å². The number of hydrogen-bond donors (Lipinski definition) is 0. The Bertz CT molecular complexity index is 512. The molecule has 0 heterocycles. The van der Waals surface area contributed by atoms with Crippen molar-refractivity contribution in [3.63, 3.8) is 0 Å². The van der Waals surface area contributed by atoms with Crippen molar-refractivity contribution in [3.05, 3.63) is 30.1 Å². The van der Waals surface area contributed by atoms with Crippen LogP contribution in [0.1, 0.15) is 26.7 Å². The summed E-state index contributed by atoms with van der Waals surface area (Å²) in [7, 11) is 0. The van der Waals surface area contributed by atoms with Gasteiger partial charge in [0.25, 0.3) is 0 Å². The van der Waals surface area contributed by atoms with Gasteiger partial charge >= 0.3 is 0 Å². The van der Waals surface area contributed by atoms with E-state index in [9.17, 15) is 14.4 Å². The monoisotopic (exact) mass is 260 g/mol. The second kappa shape index (κ2) is 5.00. The average Bonchev–Trinajstić information content (AvgIpc) is 2.37. The van der Waals surface area contributed by atoms with Crippen LogP contribution in [0.15, 0.2) is 24.3 Å². The van der Waals surface area contributed by atoms with Crippen LogP contribution in [0.3, 0.4) is 0 Å². The zero-order valence-corrected chi connectivity index (χ0v) is 11.2. The van der Waals surface area contributed by atoms with E-state index in [1.54, 1.807) is 17.0 Å². The van der Waals surface area contributed by atoms with E-state index in [4.69, 9.17) is 0 Å². The Morgan fingerprint density at radius 1 is 1.47 bits per heavy atom. The number of amides is 1. The normalized spacial score (nSPS) is 25.3. The summed E-state index contributed by atoms with van der Waals surface area (Å²) in [4.78, 5) is 14.1. The quantitative estimate of drug-likeness (QED) is 0.838. The van der Waals surface area contributed by atoms with Crippen LogP contribution in [-0.2, 0) is 4.79 Å². The van der Waals surface area contributed by atoms with Crippen molar-refractivity contribution in [1.82, 2.24) is 0 Å². The van der Waals surface area contributed by atoms with Crippen molar-refractivity contribution < 1.29 is 9.18 Å². The Labute approximate surface area is 112 Å². The first kappa shape index (κ1) is 13.5. The zero-order chi connectivity index (χ0) is 14.0. The number of anilines is 1. The number of benzene rings is 1. The Balaban J connectivity index is 2.25. The first-order chi connectivity index (χ1) is 9.02. The summed E-state index contributed by atoms with van der Waals surface area (Å²) in [6.07, 6.45) is 1.22. The molecule has 1 aromatic carbocycles. The fraction of sp³-hybridized carbons (Fsp3) is 0.467. The van der Waals surface area contributed by atoms with E-state index in [1.807, 2.05) is 13.8 Å². The van der Waals surface area contributed by atoms with Gasteiger partial charge in [0, 0.05) is 12.2 Å². The Morgan fingerprint density at radius 2 is 2.05 bits per heavy atom. The van der Waals surface area contributed by atoms with Crippen LogP contribution in [0.25, 0.3) is 0 Å². The molecule has 1 aromatic rings. The number of nitrogens with zero attached hydrogens (tertiary/aromatic N) is 2. The van der Waals surface area contributed by atoms with E-state index < -0.39 is 5.41 Å². The summed E-state index contributed by atoms with van der Waals surface area (Å²) >= 11 is 0. The van der Waals surface area contributed by atoms with Crippen LogP contribution in [0, 0.1) is 28.5 Å². The fourth-order valence-electron chi connectivity index (χ4n) is 2.77. The molecule has 1 aliphatic rings. The molecule has 0 unspecified atom stereocenters. The highest BCUT2D eigenvalue weighted by Crippen LogP contribution is 2.46. The molecule has 0 spiro atoms. The smallest absolute Gasteiger partial charge is 0.247 e. The molecule has 19 heavy (non-hydrogen) atoms. The molecule has 1 amide bonds. The van der Waals surface area contributed by atoms with Crippen LogP contribution in [0.5, 0.6) is 0 Å². The molecule has 0 aromatic heterocycles. The van der Waals surface area contributed by atoms with Gasteiger partial charge in [-0.3, -0.25) is 4.79 Å². The van der Waals surface area contributed by atoms with Crippen molar-refractivity contribution in [2.24, 2.45) is 11.3 Å². The van der Waals surface area contributed by atoms with Gasteiger partial charge in [0.2, 0.25) is 5.91 Å². The summed E-state index contributed by atoms with van der Waals surface area (Å²) in [5.74, 6) is -0.0859. The van der Waals surface area contributed by atoms with E-state index in [2.05, 4.69) is 6.07 Å². The van der Waals surface area contributed by atoms with Crippen molar-refractivity contribution in [1.29, 1.82) is 5.26 Å². The highest BCUT2D eigenvalue weighted by atomic mass is 19.1. The molecular weight excluding hydrogens is 243 g/mol. The van der Waals surface area contributed by atoms with Gasteiger partial charge in [0.05, 0.1) is 6.07 Å². The molecule has 100 valence electrons. The fourth-order valence-corrected chi connectivity index (χ4v) is 2.77. The number of halogens is 1. The molecular formula is C15H17FN2O. The summed E-state index contributed by atoms with van der Waals surface area (Å²) in [5.41, 5.74) is -0.243. The van der Waals surface area contributed by atoms with Crippen molar-refractivity contribution >= 4 is 11.6 Å². The molecule has 0 N–H and O–H groups in total. The zero-order valence-electron chi connectivity index (χ0n) is 11.2. The molecule has 2 rings (SSSR count). The molecule has 4 heteroatoms. The molecule has 3 nitrogen and oxygen atoms in total. The lowest BCUT2D eigenvalue weighted by molar-refractivity contribution is -0.131. The molecule has 0 radical (unpaired) electrons. The minimum Gasteiger partial charge on any atom is -0.311 e. The van der Waals surface area contributed by atoms with Crippen LogP contribution < -0.4 is 4.90 Å². The molecule has 1 fully saturated rings. The third-order valence-corrected chi connectivity index (χ3v) is 3.72. The number of hydrogen-bond acceptors (Lipinski definition) is 2. The SMILES string of the molecule is CCN(C(=O)C1(C#N)CC(C)C1)c1ccc(F)cc1. The van der Waals surface area contributed by atoms with Gasteiger partial charge in [-0.2, -0.15) is 5.26 Å². The van der Waals surface area contributed by atoms with Gasteiger partial charge < -0.3 is 4.90 Å². The van der Waals surface area contributed by atoms with Crippen LogP contribution in [-0.4, -0.2) is 12.5 Å². The third-order valence-electron chi connectivity index (χ3n) is 3.72. The van der Waals surface area contributed by atoms with Crippen molar-refractivity contribution in [2.45, 2.75) is 26.7 Å². The number of carbonyl (C=O) groups is 1. The van der Waals surface area contributed by atoms with E-state index >= 15 is 0 Å². The first-order valence-corrected chi connectivity index (χ1v) is 6.51. The lowest BCUT2D eigenvalue weighted by Crippen LogP contribution is -2.50. The maximum atomic E-state index is 12.9. The van der Waals surface area contributed by atoms with Gasteiger partial charge in [0.15, 0.2) is 0 Å². The molecule has 0 atom stereocenters. The maximum absolute atomic E-state index is 12.9. The Kier molecular flexibility index (Phi) is 3.57. The van der Waals surface area contributed by atoms with Crippen LogP contribution in [0.2, 0.25) is 0 Å². The van der Waals surface area contributed by atoms with Gasteiger partial charge in [-0.25, -0.2) is 4.39 Å². The average molecular weight is 260 g/mol. The lowest BCUT2D eigenvalue weighted by Gasteiger charge is -2.42. The first-order valence-electron chi connectivity index (χ1n) is 6.51. The standard InChI is InChI=1S/C15H17FN2O/c1-3-18(13-6-4-12(16)5-7-13)14(19)15(10-17)8-11(2)9-15/h4-7,11H,3,8-9H2,1-2H3. The summed E-state index contributed by atoms with van der Waals surface area (Å²) in [5, 5.41) is 9.30. The van der Waals surface area contributed by atoms with Gasteiger partial charge in [-0.15, -0.1) is 0 Å². The number of carbonyl (C=O) groups excluding carboxylic acids is 1. The minimum absolute atomic E-state index is 0.165. The number of nitriles is 1. The predicted octanol–water partition coefficient (Wildman–Crippen LogP) is 3.12. The van der Waals surface area contributed by atoms with Crippen LogP contribution >= 0.6 is 0 Å².